The van der Waals surface area contributed by atoms with Crippen molar-refractivity contribution in [1.29, 1.82) is 0 Å². The molecule has 0 bridgehead atoms. The van der Waals surface area contributed by atoms with E-state index in [2.05, 4.69) is 45.9 Å². The number of pyridine rings is 1. The topological polar surface area (TPSA) is 50.1 Å². The summed E-state index contributed by atoms with van der Waals surface area (Å²) in [6.45, 7) is 11.4. The van der Waals surface area contributed by atoms with Gasteiger partial charge in [-0.25, -0.2) is 14.6 Å². The van der Waals surface area contributed by atoms with E-state index in [0.29, 0.717) is 0 Å². The van der Waals surface area contributed by atoms with Gasteiger partial charge >= 0.3 is 0 Å². The smallest absolute Gasteiger partial charge is 0.153 e. The summed E-state index contributed by atoms with van der Waals surface area (Å²) in [5.74, 6) is 0.872. The molecule has 6 nitrogen and oxygen atoms in total. The van der Waals surface area contributed by atoms with Crippen LogP contribution in [-0.2, 0) is 6.54 Å². The van der Waals surface area contributed by atoms with Gasteiger partial charge in [-0.3, -0.25) is 4.90 Å². The van der Waals surface area contributed by atoms with Crippen LogP contribution in [0.25, 0.3) is 5.82 Å². The lowest BCUT2D eigenvalue weighted by Gasteiger charge is -2.35. The van der Waals surface area contributed by atoms with E-state index in [1.807, 2.05) is 29.1 Å². The first-order chi connectivity index (χ1) is 12.6. The van der Waals surface area contributed by atoms with Crippen molar-refractivity contribution in [2.45, 2.75) is 27.3 Å². The second-order valence-electron chi connectivity index (χ2n) is 6.74. The Morgan fingerprint density at radius 2 is 1.88 bits per heavy atom. The molecule has 1 aliphatic heterocycles. The van der Waals surface area contributed by atoms with E-state index < -0.39 is 0 Å². The van der Waals surface area contributed by atoms with Gasteiger partial charge < -0.3 is 4.90 Å². The highest BCUT2D eigenvalue weighted by Crippen LogP contribution is 2.27. The van der Waals surface area contributed by atoms with Crippen LogP contribution in [0, 0.1) is 20.8 Å². The van der Waals surface area contributed by atoms with E-state index in [1.54, 1.807) is 11.3 Å². The summed E-state index contributed by atoms with van der Waals surface area (Å²) in [6, 6.07) is 5.92. The third-order valence-electron chi connectivity index (χ3n) is 4.86. The Labute approximate surface area is 158 Å². The Hall–Kier alpha value is -2.25. The van der Waals surface area contributed by atoms with E-state index in [9.17, 15) is 0 Å². The molecule has 1 fully saturated rings. The number of rotatable bonds is 4. The highest BCUT2D eigenvalue weighted by atomic mass is 32.1. The average Bonchev–Trinajstić information content (AvgIpc) is 3.19. The van der Waals surface area contributed by atoms with Crippen molar-refractivity contribution in [3.8, 4) is 5.82 Å². The zero-order valence-corrected chi connectivity index (χ0v) is 16.3. The van der Waals surface area contributed by atoms with Crippen molar-refractivity contribution < 1.29 is 0 Å². The van der Waals surface area contributed by atoms with Crippen molar-refractivity contribution in [2.24, 2.45) is 0 Å². The van der Waals surface area contributed by atoms with Gasteiger partial charge in [-0.1, -0.05) is 6.07 Å². The van der Waals surface area contributed by atoms with Crippen LogP contribution in [0.4, 0.5) is 5.69 Å². The molecule has 0 saturated carbocycles. The third-order valence-corrected chi connectivity index (χ3v) is 5.68. The Bertz CT molecular complexity index is 877. The summed E-state index contributed by atoms with van der Waals surface area (Å²) >= 11 is 1.73. The van der Waals surface area contributed by atoms with Gasteiger partial charge in [-0.05, 0) is 32.9 Å². The number of thiazole rings is 1. The quantitative estimate of drug-likeness (QED) is 0.709. The van der Waals surface area contributed by atoms with Crippen LogP contribution < -0.4 is 4.90 Å². The van der Waals surface area contributed by atoms with Crippen LogP contribution in [0.2, 0.25) is 0 Å². The minimum Gasteiger partial charge on any atom is -0.366 e. The van der Waals surface area contributed by atoms with Crippen molar-refractivity contribution in [3.05, 3.63) is 51.9 Å². The Kier molecular flexibility index (Phi) is 4.74. The lowest BCUT2D eigenvalue weighted by molar-refractivity contribution is 0.247. The molecule has 0 unspecified atom stereocenters. The monoisotopic (exact) mass is 368 g/mol. The van der Waals surface area contributed by atoms with Crippen LogP contribution >= 0.6 is 11.3 Å². The predicted molar refractivity (Wildman–Crippen MR) is 105 cm³/mol. The van der Waals surface area contributed by atoms with Gasteiger partial charge in [0.15, 0.2) is 5.82 Å². The number of piperazine rings is 1. The van der Waals surface area contributed by atoms with Gasteiger partial charge in [0.05, 0.1) is 27.8 Å². The standard InChI is InChI=1S/C19H24N6S/c1-14-19(15(2)25(22-14)18-6-4-5-7-20-18)24-10-8-23(9-11-24)12-17-13-26-16(3)21-17/h4-7,13H,8-12H2,1-3H3. The summed E-state index contributed by atoms with van der Waals surface area (Å²) in [5.41, 5.74) is 4.66. The fourth-order valence-corrected chi connectivity index (χ4v) is 4.24. The number of hydrogen-bond acceptors (Lipinski definition) is 6. The predicted octanol–water partition coefficient (Wildman–Crippen LogP) is 2.97. The molecule has 1 saturated heterocycles. The molecule has 7 heteroatoms. The highest BCUT2D eigenvalue weighted by molar-refractivity contribution is 7.09. The second kappa shape index (κ2) is 7.17. The molecule has 0 aliphatic carbocycles. The molecule has 136 valence electrons. The van der Waals surface area contributed by atoms with Crippen LogP contribution in [0.15, 0.2) is 29.8 Å². The van der Waals surface area contributed by atoms with E-state index in [1.165, 1.54) is 11.4 Å². The van der Waals surface area contributed by atoms with Crippen LogP contribution in [0.5, 0.6) is 0 Å². The lowest BCUT2D eigenvalue weighted by atomic mass is 10.2. The molecule has 26 heavy (non-hydrogen) atoms. The first kappa shape index (κ1) is 17.2. The molecule has 3 aromatic rings. The fourth-order valence-electron chi connectivity index (χ4n) is 3.63. The van der Waals surface area contributed by atoms with Crippen LogP contribution in [0.1, 0.15) is 22.1 Å². The van der Waals surface area contributed by atoms with E-state index >= 15 is 0 Å². The molecular formula is C19H24N6S. The van der Waals surface area contributed by atoms with E-state index in [4.69, 9.17) is 5.10 Å². The Morgan fingerprint density at radius 3 is 2.54 bits per heavy atom. The maximum absolute atomic E-state index is 4.74. The normalized spacial score (nSPS) is 15.6. The van der Waals surface area contributed by atoms with Gasteiger partial charge in [0, 0.05) is 44.3 Å². The molecular weight excluding hydrogens is 344 g/mol. The van der Waals surface area contributed by atoms with Crippen molar-refractivity contribution in [3.63, 3.8) is 0 Å². The zero-order valence-electron chi connectivity index (χ0n) is 15.5. The van der Waals surface area contributed by atoms with Gasteiger partial charge in [0.25, 0.3) is 0 Å². The minimum atomic E-state index is 0.872. The summed E-state index contributed by atoms with van der Waals surface area (Å²) in [4.78, 5) is 14.0. The fraction of sp³-hybridized carbons (Fsp3) is 0.421. The molecule has 1 aliphatic rings. The second-order valence-corrected chi connectivity index (χ2v) is 7.80. The van der Waals surface area contributed by atoms with Crippen LogP contribution in [-0.4, -0.2) is 50.8 Å². The molecule has 0 amide bonds. The first-order valence-electron chi connectivity index (χ1n) is 8.98. The minimum absolute atomic E-state index is 0.872. The summed E-state index contributed by atoms with van der Waals surface area (Å²) < 4.78 is 1.95. The van der Waals surface area contributed by atoms with E-state index in [-0.39, 0.29) is 0 Å². The number of aryl methyl sites for hydroxylation is 2. The third kappa shape index (κ3) is 3.37. The first-order valence-corrected chi connectivity index (χ1v) is 9.85. The van der Waals surface area contributed by atoms with Gasteiger partial charge in [0.2, 0.25) is 0 Å². The molecule has 0 spiro atoms. The molecule has 4 heterocycles. The molecule has 4 rings (SSSR count). The summed E-state index contributed by atoms with van der Waals surface area (Å²) in [5, 5.41) is 8.05. The maximum atomic E-state index is 4.74. The van der Waals surface area contributed by atoms with Crippen LogP contribution in [0.3, 0.4) is 0 Å². The van der Waals surface area contributed by atoms with Gasteiger partial charge in [0.1, 0.15) is 0 Å². The number of aromatic nitrogens is 4. The molecule has 0 aromatic carbocycles. The summed E-state index contributed by atoms with van der Waals surface area (Å²) in [6.07, 6.45) is 1.81. The van der Waals surface area contributed by atoms with Crippen molar-refractivity contribution in [2.75, 3.05) is 31.1 Å². The highest BCUT2D eigenvalue weighted by Gasteiger charge is 2.23. The summed E-state index contributed by atoms with van der Waals surface area (Å²) in [7, 11) is 0. The number of anilines is 1. The number of nitrogens with zero attached hydrogens (tertiary/aromatic N) is 6. The average molecular weight is 369 g/mol. The zero-order chi connectivity index (χ0) is 18.1. The molecule has 0 atom stereocenters. The van der Waals surface area contributed by atoms with E-state index in [0.717, 1.165) is 54.9 Å². The molecule has 0 N–H and O–H groups in total. The lowest BCUT2D eigenvalue weighted by Crippen LogP contribution is -2.46. The largest absolute Gasteiger partial charge is 0.366 e. The van der Waals surface area contributed by atoms with Crippen molar-refractivity contribution >= 4 is 17.0 Å². The van der Waals surface area contributed by atoms with Gasteiger partial charge in [-0.15, -0.1) is 11.3 Å². The number of hydrogen-bond donors (Lipinski definition) is 0. The molecule has 3 aromatic heterocycles. The van der Waals surface area contributed by atoms with Crippen molar-refractivity contribution in [1.82, 2.24) is 24.6 Å². The Balaban J connectivity index is 1.47. The SMILES string of the molecule is Cc1nc(CN2CCN(c3c(C)nn(-c4ccccn4)c3C)CC2)cs1. The Morgan fingerprint density at radius 1 is 1.08 bits per heavy atom. The maximum Gasteiger partial charge on any atom is 0.153 e. The van der Waals surface area contributed by atoms with Gasteiger partial charge in [-0.2, -0.15) is 5.10 Å². The molecule has 0 radical (unpaired) electrons.